The molecule has 0 bridgehead atoms. The van der Waals surface area contributed by atoms with Crippen LogP contribution in [0, 0.1) is 6.33 Å². The fraction of sp³-hybridized carbons (Fsp3) is 0.429. The van der Waals surface area contributed by atoms with Gasteiger partial charge in [0, 0.05) is 6.42 Å². The molecule has 1 unspecified atom stereocenters. The highest BCUT2D eigenvalue weighted by Crippen LogP contribution is 2.30. The number of aromatic nitrogens is 2. The summed E-state index contributed by atoms with van der Waals surface area (Å²) >= 11 is 0. The number of hydrogen-bond donors (Lipinski definition) is 1. The predicted octanol–water partition coefficient (Wildman–Crippen LogP) is 0.320. The first kappa shape index (κ1) is 6.54. The Morgan fingerprint density at radius 3 is 3.09 bits per heavy atom. The van der Waals surface area contributed by atoms with Gasteiger partial charge in [0.2, 0.25) is 0 Å². The van der Waals surface area contributed by atoms with Crippen molar-refractivity contribution in [3.05, 3.63) is 18.2 Å². The van der Waals surface area contributed by atoms with Gasteiger partial charge < -0.3 is 10.5 Å². The molecule has 0 saturated carbocycles. The Morgan fingerprint density at radius 1 is 1.73 bits per heavy atom. The summed E-state index contributed by atoms with van der Waals surface area (Å²) < 4.78 is 5.21. The van der Waals surface area contributed by atoms with Gasteiger partial charge in [-0.2, -0.15) is 0 Å². The maximum Gasteiger partial charge on any atom is 0.198 e. The molecule has 1 saturated heterocycles. The zero-order valence-corrected chi connectivity index (χ0v) is 5.95. The molecule has 2 rings (SSSR count). The number of anilines is 1. The van der Waals surface area contributed by atoms with Crippen LogP contribution < -0.4 is 5.73 Å². The Hall–Kier alpha value is -1.16. The highest BCUT2D eigenvalue weighted by Gasteiger charge is 2.23. The summed E-state index contributed by atoms with van der Waals surface area (Å²) in [6, 6.07) is 0. The quantitative estimate of drug-likeness (QED) is 0.626. The second-order valence-corrected chi connectivity index (χ2v) is 2.46. The molecule has 4 heteroatoms. The first-order chi connectivity index (χ1) is 5.38. The van der Waals surface area contributed by atoms with E-state index in [1.807, 2.05) is 0 Å². The van der Waals surface area contributed by atoms with Gasteiger partial charge in [-0.15, -0.1) is 0 Å². The first-order valence-corrected chi connectivity index (χ1v) is 3.48. The van der Waals surface area contributed by atoms with E-state index < -0.39 is 0 Å². The molecule has 0 aliphatic carbocycles. The van der Waals surface area contributed by atoms with Gasteiger partial charge in [0.05, 0.1) is 24.2 Å². The summed E-state index contributed by atoms with van der Waals surface area (Å²) in [5.74, 6) is 0. The lowest BCUT2D eigenvalue weighted by Gasteiger charge is -2.26. The highest BCUT2D eigenvalue weighted by atomic mass is 16.5. The van der Waals surface area contributed by atoms with Gasteiger partial charge in [-0.1, -0.05) is 0 Å². The smallest absolute Gasteiger partial charge is 0.198 e. The summed E-state index contributed by atoms with van der Waals surface area (Å²) in [4.78, 5) is 7.58. The molecule has 1 fully saturated rings. The van der Waals surface area contributed by atoms with Crippen LogP contribution in [0.15, 0.2) is 6.20 Å². The average Bonchev–Trinajstić information content (AvgIpc) is 1.90. The Labute approximate surface area is 64.4 Å². The van der Waals surface area contributed by atoms with Crippen molar-refractivity contribution in [1.82, 2.24) is 9.97 Å². The fourth-order valence-corrected chi connectivity index (χ4v) is 1.02. The monoisotopic (exact) mass is 150 g/mol. The third kappa shape index (κ3) is 1.05. The highest BCUT2D eigenvalue weighted by molar-refractivity contribution is 5.41. The lowest BCUT2D eigenvalue weighted by atomic mass is 10.1. The average molecular weight is 150 g/mol. The number of ether oxygens (including phenoxy) is 1. The molecule has 0 spiro atoms. The van der Waals surface area contributed by atoms with Crippen molar-refractivity contribution in [2.24, 2.45) is 0 Å². The molecule has 1 aliphatic heterocycles. The SMILES string of the molecule is Nc1cn[c]nc1C1CCO1. The first-order valence-electron chi connectivity index (χ1n) is 3.48. The zero-order chi connectivity index (χ0) is 7.68. The van der Waals surface area contributed by atoms with E-state index in [-0.39, 0.29) is 6.10 Å². The summed E-state index contributed by atoms with van der Waals surface area (Å²) in [5.41, 5.74) is 6.97. The van der Waals surface area contributed by atoms with E-state index in [9.17, 15) is 0 Å². The van der Waals surface area contributed by atoms with Gasteiger partial charge >= 0.3 is 0 Å². The van der Waals surface area contributed by atoms with Gasteiger partial charge in [-0.25, -0.2) is 9.97 Å². The van der Waals surface area contributed by atoms with E-state index in [0.717, 1.165) is 18.7 Å². The van der Waals surface area contributed by atoms with Crippen LogP contribution in [0.1, 0.15) is 18.2 Å². The summed E-state index contributed by atoms with van der Waals surface area (Å²) in [6.45, 7) is 0.800. The van der Waals surface area contributed by atoms with Crippen molar-refractivity contribution in [3.63, 3.8) is 0 Å². The largest absolute Gasteiger partial charge is 0.396 e. The van der Waals surface area contributed by atoms with Gasteiger partial charge in [-0.05, 0) is 0 Å². The van der Waals surface area contributed by atoms with Crippen LogP contribution in [0.2, 0.25) is 0 Å². The minimum absolute atomic E-state index is 0.0780. The number of rotatable bonds is 1. The van der Waals surface area contributed by atoms with Crippen LogP contribution in [0.3, 0.4) is 0 Å². The molecule has 1 radical (unpaired) electrons. The molecule has 2 N–H and O–H groups in total. The molecule has 1 atom stereocenters. The number of nitrogen functional groups attached to an aromatic ring is 1. The summed E-state index contributed by atoms with van der Waals surface area (Å²) in [6.07, 6.45) is 5.11. The molecule has 1 aliphatic rings. The van der Waals surface area contributed by atoms with E-state index in [1.54, 1.807) is 6.20 Å². The van der Waals surface area contributed by atoms with Crippen molar-refractivity contribution in [3.8, 4) is 0 Å². The maximum atomic E-state index is 5.61. The van der Waals surface area contributed by atoms with Gasteiger partial charge in [0.25, 0.3) is 0 Å². The standard InChI is InChI=1S/C7H8N3O/c8-5-3-9-4-10-7(5)6-1-2-11-6/h3,6H,1-2,8H2. The van der Waals surface area contributed by atoms with Crippen molar-refractivity contribution < 1.29 is 4.74 Å². The van der Waals surface area contributed by atoms with Crippen LogP contribution in [0.25, 0.3) is 0 Å². The van der Waals surface area contributed by atoms with Crippen LogP contribution in [0.4, 0.5) is 5.69 Å². The molecule has 0 amide bonds. The molecule has 2 heterocycles. The molecular weight excluding hydrogens is 142 g/mol. The van der Waals surface area contributed by atoms with E-state index in [4.69, 9.17) is 10.5 Å². The lowest BCUT2D eigenvalue weighted by molar-refractivity contribution is -0.0548. The number of hydrogen-bond acceptors (Lipinski definition) is 4. The minimum atomic E-state index is 0.0780. The lowest BCUT2D eigenvalue weighted by Crippen LogP contribution is -2.20. The Kier molecular flexibility index (Phi) is 1.47. The molecule has 0 aromatic carbocycles. The van der Waals surface area contributed by atoms with Crippen LogP contribution >= 0.6 is 0 Å². The third-order valence-electron chi connectivity index (χ3n) is 1.73. The maximum absolute atomic E-state index is 5.61. The van der Waals surface area contributed by atoms with E-state index in [0.29, 0.717) is 5.69 Å². The van der Waals surface area contributed by atoms with Crippen LogP contribution in [-0.4, -0.2) is 16.6 Å². The topological polar surface area (TPSA) is 61.0 Å². The molecule has 1 aromatic heterocycles. The number of nitrogens with zero attached hydrogens (tertiary/aromatic N) is 2. The molecule has 11 heavy (non-hydrogen) atoms. The second kappa shape index (κ2) is 2.47. The van der Waals surface area contributed by atoms with Crippen LogP contribution in [-0.2, 0) is 4.74 Å². The van der Waals surface area contributed by atoms with Gasteiger partial charge in [-0.3, -0.25) is 0 Å². The van der Waals surface area contributed by atoms with Crippen molar-refractivity contribution in [2.75, 3.05) is 12.3 Å². The van der Waals surface area contributed by atoms with E-state index in [2.05, 4.69) is 16.3 Å². The number of nitrogens with two attached hydrogens (primary N) is 1. The van der Waals surface area contributed by atoms with Gasteiger partial charge in [0.15, 0.2) is 6.33 Å². The fourth-order valence-electron chi connectivity index (χ4n) is 1.02. The van der Waals surface area contributed by atoms with Crippen molar-refractivity contribution >= 4 is 5.69 Å². The normalized spacial score (nSPS) is 22.7. The van der Waals surface area contributed by atoms with E-state index in [1.165, 1.54) is 0 Å². The minimum Gasteiger partial charge on any atom is -0.396 e. The Bertz CT molecular complexity index is 260. The Morgan fingerprint density at radius 2 is 2.55 bits per heavy atom. The molecule has 57 valence electrons. The molecule has 4 nitrogen and oxygen atoms in total. The molecule has 1 aromatic rings. The zero-order valence-electron chi connectivity index (χ0n) is 5.95. The Balaban J connectivity index is 2.28. The van der Waals surface area contributed by atoms with E-state index >= 15 is 0 Å². The van der Waals surface area contributed by atoms with Crippen molar-refractivity contribution in [2.45, 2.75) is 12.5 Å². The van der Waals surface area contributed by atoms with Crippen LogP contribution in [0.5, 0.6) is 0 Å². The van der Waals surface area contributed by atoms with Gasteiger partial charge in [0.1, 0.15) is 6.10 Å². The molecular formula is C7H8N3O. The summed E-state index contributed by atoms with van der Waals surface area (Å²) in [7, 11) is 0. The second-order valence-electron chi connectivity index (χ2n) is 2.46. The predicted molar refractivity (Wildman–Crippen MR) is 38.6 cm³/mol. The summed E-state index contributed by atoms with van der Waals surface area (Å²) in [5, 5.41) is 0. The van der Waals surface area contributed by atoms with Crippen molar-refractivity contribution in [1.29, 1.82) is 0 Å². The third-order valence-corrected chi connectivity index (χ3v) is 1.73.